The molecule has 1 fully saturated rings. The van der Waals surface area contributed by atoms with Crippen LogP contribution in [0.5, 0.6) is 0 Å². The molecule has 0 radical (unpaired) electrons. The molecule has 1 aliphatic carbocycles. The third-order valence-corrected chi connectivity index (χ3v) is 5.40. The number of oxazole rings is 1. The minimum atomic E-state index is -3.57. The van der Waals surface area contributed by atoms with Crippen molar-refractivity contribution in [1.82, 2.24) is 9.71 Å². The standard InChI is InChI=1S/C14H18N2O4S/c17-14-15-12-9-11(7-8-13(12)20-14)21(18,19)16-10-5-3-1-2-4-6-10/h7-10,16H,1-6H2,(H,15,17). The molecule has 0 amide bonds. The molecule has 2 N–H and O–H groups in total. The third-order valence-electron chi connectivity index (χ3n) is 3.88. The number of H-pyrrole nitrogens is 1. The van der Waals surface area contributed by atoms with Gasteiger partial charge in [0.25, 0.3) is 0 Å². The zero-order chi connectivity index (χ0) is 14.9. The molecule has 7 heteroatoms. The molecule has 1 heterocycles. The summed E-state index contributed by atoms with van der Waals surface area (Å²) in [6.45, 7) is 0. The van der Waals surface area contributed by atoms with Gasteiger partial charge in [-0.3, -0.25) is 4.98 Å². The maximum Gasteiger partial charge on any atom is 0.417 e. The van der Waals surface area contributed by atoms with Crippen molar-refractivity contribution in [3.63, 3.8) is 0 Å². The number of rotatable bonds is 3. The fraction of sp³-hybridized carbons (Fsp3) is 0.500. The van der Waals surface area contributed by atoms with Crippen LogP contribution in [0.3, 0.4) is 0 Å². The summed E-state index contributed by atoms with van der Waals surface area (Å²) < 4.78 is 32.5. The van der Waals surface area contributed by atoms with Gasteiger partial charge in [0.15, 0.2) is 5.58 Å². The van der Waals surface area contributed by atoms with Crippen LogP contribution in [-0.2, 0) is 10.0 Å². The molecule has 0 saturated heterocycles. The van der Waals surface area contributed by atoms with Crippen LogP contribution in [-0.4, -0.2) is 19.4 Å². The quantitative estimate of drug-likeness (QED) is 0.849. The molecule has 0 atom stereocenters. The lowest BCUT2D eigenvalue weighted by Crippen LogP contribution is -2.34. The average molecular weight is 310 g/mol. The third kappa shape index (κ3) is 3.19. The molecule has 3 rings (SSSR count). The predicted octanol–water partition coefficient (Wildman–Crippen LogP) is 2.12. The Kier molecular flexibility index (Phi) is 3.86. The van der Waals surface area contributed by atoms with Gasteiger partial charge >= 0.3 is 5.76 Å². The first-order chi connectivity index (χ1) is 10.0. The number of aromatic amines is 1. The SMILES string of the molecule is O=c1[nH]c2cc(S(=O)(=O)NC3CCCCCC3)ccc2o1. The molecule has 1 aliphatic rings. The van der Waals surface area contributed by atoms with Gasteiger partial charge in [0.1, 0.15) is 0 Å². The van der Waals surface area contributed by atoms with Gasteiger partial charge in [0.2, 0.25) is 10.0 Å². The molecule has 1 aromatic carbocycles. The lowest BCUT2D eigenvalue weighted by Gasteiger charge is -2.16. The van der Waals surface area contributed by atoms with Crippen molar-refractivity contribution in [2.24, 2.45) is 0 Å². The van der Waals surface area contributed by atoms with Crippen LogP contribution in [0.1, 0.15) is 38.5 Å². The van der Waals surface area contributed by atoms with E-state index in [9.17, 15) is 13.2 Å². The Morgan fingerprint density at radius 3 is 2.57 bits per heavy atom. The Morgan fingerprint density at radius 1 is 1.14 bits per heavy atom. The van der Waals surface area contributed by atoms with Crippen molar-refractivity contribution in [2.75, 3.05) is 0 Å². The van der Waals surface area contributed by atoms with Gasteiger partial charge in [-0.05, 0) is 31.0 Å². The van der Waals surface area contributed by atoms with Crippen molar-refractivity contribution in [2.45, 2.75) is 49.5 Å². The van der Waals surface area contributed by atoms with Crippen molar-refractivity contribution in [3.05, 3.63) is 28.7 Å². The summed E-state index contributed by atoms with van der Waals surface area (Å²) in [6, 6.07) is 4.38. The first-order valence-electron chi connectivity index (χ1n) is 7.20. The monoisotopic (exact) mass is 310 g/mol. The van der Waals surface area contributed by atoms with Gasteiger partial charge in [-0.25, -0.2) is 17.9 Å². The van der Waals surface area contributed by atoms with E-state index in [2.05, 4.69) is 9.71 Å². The summed E-state index contributed by atoms with van der Waals surface area (Å²) in [5.41, 5.74) is 0.747. The molecule has 0 unspecified atom stereocenters. The Labute approximate surface area is 122 Å². The van der Waals surface area contributed by atoms with Gasteiger partial charge in [-0.15, -0.1) is 0 Å². The fourth-order valence-corrected chi connectivity index (χ4v) is 4.11. The van der Waals surface area contributed by atoms with Crippen LogP contribution in [0.4, 0.5) is 0 Å². The van der Waals surface area contributed by atoms with E-state index >= 15 is 0 Å². The van der Waals surface area contributed by atoms with E-state index in [-0.39, 0.29) is 10.9 Å². The molecule has 114 valence electrons. The Balaban J connectivity index is 1.86. The average Bonchev–Trinajstić information content (AvgIpc) is 2.63. The van der Waals surface area contributed by atoms with E-state index < -0.39 is 15.8 Å². The summed E-state index contributed by atoms with van der Waals surface area (Å²) in [4.78, 5) is 13.7. The molecular weight excluding hydrogens is 292 g/mol. The second-order valence-corrected chi connectivity index (χ2v) is 7.20. The maximum absolute atomic E-state index is 12.4. The van der Waals surface area contributed by atoms with E-state index in [1.165, 1.54) is 31.0 Å². The molecule has 1 aromatic heterocycles. The van der Waals surface area contributed by atoms with Crippen LogP contribution in [0.2, 0.25) is 0 Å². The Morgan fingerprint density at radius 2 is 1.86 bits per heavy atom. The topological polar surface area (TPSA) is 92.2 Å². The number of nitrogens with one attached hydrogen (secondary N) is 2. The summed E-state index contributed by atoms with van der Waals surface area (Å²) in [5, 5.41) is 0. The molecule has 2 aromatic rings. The highest BCUT2D eigenvalue weighted by Gasteiger charge is 2.21. The fourth-order valence-electron chi connectivity index (χ4n) is 2.78. The summed E-state index contributed by atoms with van der Waals surface area (Å²) in [5.74, 6) is -0.587. The number of sulfonamides is 1. The zero-order valence-electron chi connectivity index (χ0n) is 11.6. The Hall–Kier alpha value is -1.60. The minimum absolute atomic E-state index is 0.00315. The number of aromatic nitrogens is 1. The van der Waals surface area contributed by atoms with Crippen molar-refractivity contribution in [3.8, 4) is 0 Å². The molecule has 0 spiro atoms. The second-order valence-electron chi connectivity index (χ2n) is 5.48. The van der Waals surface area contributed by atoms with Crippen molar-refractivity contribution in [1.29, 1.82) is 0 Å². The second kappa shape index (κ2) is 5.65. The van der Waals surface area contributed by atoms with E-state index in [0.717, 1.165) is 25.7 Å². The first-order valence-corrected chi connectivity index (χ1v) is 8.68. The van der Waals surface area contributed by atoms with E-state index in [1.54, 1.807) is 0 Å². The highest BCUT2D eigenvalue weighted by molar-refractivity contribution is 7.89. The Bertz CT molecular complexity index is 783. The molecule has 6 nitrogen and oxygen atoms in total. The number of fused-ring (bicyclic) bond motifs is 1. The first kappa shape index (κ1) is 14.3. The van der Waals surface area contributed by atoms with Crippen LogP contribution in [0, 0.1) is 0 Å². The summed E-state index contributed by atoms with van der Waals surface area (Å²) >= 11 is 0. The van der Waals surface area contributed by atoms with Gasteiger partial charge in [0, 0.05) is 6.04 Å². The van der Waals surface area contributed by atoms with Gasteiger partial charge < -0.3 is 4.42 Å². The van der Waals surface area contributed by atoms with Crippen LogP contribution >= 0.6 is 0 Å². The largest absolute Gasteiger partial charge is 0.417 e. The van der Waals surface area contributed by atoms with Gasteiger partial charge in [-0.2, -0.15) is 0 Å². The smallest absolute Gasteiger partial charge is 0.408 e. The van der Waals surface area contributed by atoms with Crippen molar-refractivity contribution < 1.29 is 12.8 Å². The van der Waals surface area contributed by atoms with Crippen LogP contribution in [0.15, 0.2) is 32.3 Å². The lowest BCUT2D eigenvalue weighted by molar-refractivity contribution is 0.510. The summed E-state index contributed by atoms with van der Waals surface area (Å²) in [6.07, 6.45) is 6.21. The highest BCUT2D eigenvalue weighted by Crippen LogP contribution is 2.21. The maximum atomic E-state index is 12.4. The minimum Gasteiger partial charge on any atom is -0.408 e. The molecule has 0 aliphatic heterocycles. The number of benzene rings is 1. The van der Waals surface area contributed by atoms with E-state index in [1.807, 2.05) is 0 Å². The lowest BCUT2D eigenvalue weighted by atomic mass is 10.1. The molecule has 21 heavy (non-hydrogen) atoms. The van der Waals surface area contributed by atoms with Crippen LogP contribution in [0.25, 0.3) is 11.1 Å². The highest BCUT2D eigenvalue weighted by atomic mass is 32.2. The zero-order valence-corrected chi connectivity index (χ0v) is 12.4. The number of hydrogen-bond donors (Lipinski definition) is 2. The molecule has 1 saturated carbocycles. The van der Waals surface area contributed by atoms with Gasteiger partial charge in [0.05, 0.1) is 10.4 Å². The molecule has 0 bridgehead atoms. The molecular formula is C14H18N2O4S. The normalized spacial score (nSPS) is 17.9. The van der Waals surface area contributed by atoms with E-state index in [4.69, 9.17) is 4.42 Å². The summed E-state index contributed by atoms with van der Waals surface area (Å²) in [7, 11) is -3.57. The predicted molar refractivity (Wildman–Crippen MR) is 78.6 cm³/mol. The number of hydrogen-bond acceptors (Lipinski definition) is 4. The van der Waals surface area contributed by atoms with E-state index in [0.29, 0.717) is 11.1 Å². The van der Waals surface area contributed by atoms with Gasteiger partial charge in [-0.1, -0.05) is 25.7 Å². The van der Waals surface area contributed by atoms with Crippen LogP contribution < -0.4 is 10.5 Å². The van der Waals surface area contributed by atoms with Crippen molar-refractivity contribution >= 4 is 21.1 Å².